The molecule has 2 aliphatic carbocycles. The molecule has 4 heteroatoms. The second-order valence-corrected chi connectivity index (χ2v) is 6.81. The number of hydrogen-bond acceptors (Lipinski definition) is 3. The molecule has 1 fully saturated rings. The Balaban J connectivity index is 1.98. The topological polar surface area (TPSA) is 64.1 Å². The van der Waals surface area contributed by atoms with Crippen LogP contribution in [0.5, 0.6) is 0 Å². The molecular formula is C15H25N3O. The van der Waals surface area contributed by atoms with E-state index in [1.165, 1.54) is 12.0 Å². The molecule has 1 aromatic heterocycles. The number of aromatic nitrogens is 2. The molecule has 19 heavy (non-hydrogen) atoms. The Kier molecular flexibility index (Phi) is 3.08. The average Bonchev–Trinajstić information content (AvgIpc) is 2.74. The molecule has 0 aromatic carbocycles. The van der Waals surface area contributed by atoms with E-state index in [1.807, 2.05) is 4.68 Å². The minimum absolute atomic E-state index is 0.0731. The molecule has 1 heterocycles. The number of aryl methyl sites for hydroxylation is 1. The fourth-order valence-electron chi connectivity index (χ4n) is 3.77. The number of nitrogens with two attached hydrogens (primary N) is 1. The third kappa shape index (κ3) is 2.06. The van der Waals surface area contributed by atoms with Gasteiger partial charge in [0.05, 0.1) is 17.8 Å². The van der Waals surface area contributed by atoms with Gasteiger partial charge in [-0.05, 0) is 31.1 Å². The van der Waals surface area contributed by atoms with Gasteiger partial charge in [0.25, 0.3) is 0 Å². The van der Waals surface area contributed by atoms with Crippen molar-refractivity contribution in [2.45, 2.75) is 76.4 Å². The minimum Gasteiger partial charge on any atom is -0.391 e. The van der Waals surface area contributed by atoms with Crippen molar-refractivity contribution >= 4 is 5.82 Å². The molecule has 0 spiro atoms. The maximum absolute atomic E-state index is 10.3. The van der Waals surface area contributed by atoms with Crippen LogP contribution < -0.4 is 5.73 Å². The number of hydrogen-bond donors (Lipinski definition) is 2. The maximum atomic E-state index is 10.3. The summed E-state index contributed by atoms with van der Waals surface area (Å²) in [7, 11) is 0. The third-order valence-electron chi connectivity index (χ3n) is 4.94. The molecule has 3 N–H and O–H groups in total. The molecule has 0 amide bonds. The summed E-state index contributed by atoms with van der Waals surface area (Å²) >= 11 is 0. The first-order valence-electron chi connectivity index (χ1n) is 7.56. The number of aliphatic hydroxyl groups excluding tert-OH is 1. The number of rotatable bonds is 1. The first kappa shape index (κ1) is 13.0. The molecule has 1 saturated carbocycles. The summed E-state index contributed by atoms with van der Waals surface area (Å²) < 4.78 is 1.93. The molecule has 0 bridgehead atoms. The first-order chi connectivity index (χ1) is 9.00. The molecule has 0 radical (unpaired) electrons. The quantitative estimate of drug-likeness (QED) is 0.765. The zero-order chi connectivity index (χ0) is 13.6. The SMILES string of the molecule is CC1(C)CCc2nn(C3CCCCCC3O)c(N)c21. The van der Waals surface area contributed by atoms with Gasteiger partial charge in [-0.25, -0.2) is 4.68 Å². The molecular weight excluding hydrogens is 238 g/mol. The Morgan fingerprint density at radius 3 is 2.74 bits per heavy atom. The van der Waals surface area contributed by atoms with Crippen molar-refractivity contribution in [3.63, 3.8) is 0 Å². The number of nitrogens with zero attached hydrogens (tertiary/aromatic N) is 2. The minimum atomic E-state index is -0.298. The molecule has 0 aliphatic heterocycles. The fourth-order valence-corrected chi connectivity index (χ4v) is 3.77. The van der Waals surface area contributed by atoms with E-state index in [0.29, 0.717) is 0 Å². The molecule has 106 valence electrons. The van der Waals surface area contributed by atoms with Gasteiger partial charge >= 0.3 is 0 Å². The Morgan fingerprint density at radius 1 is 1.26 bits per heavy atom. The van der Waals surface area contributed by atoms with Crippen molar-refractivity contribution < 1.29 is 5.11 Å². The smallest absolute Gasteiger partial charge is 0.126 e. The average molecular weight is 263 g/mol. The summed E-state index contributed by atoms with van der Waals surface area (Å²) in [6.45, 7) is 4.48. The molecule has 2 aliphatic rings. The van der Waals surface area contributed by atoms with E-state index >= 15 is 0 Å². The van der Waals surface area contributed by atoms with Crippen molar-refractivity contribution in [2.24, 2.45) is 0 Å². The monoisotopic (exact) mass is 263 g/mol. The van der Waals surface area contributed by atoms with Crippen LogP contribution in [0.25, 0.3) is 0 Å². The second kappa shape index (κ2) is 4.51. The van der Waals surface area contributed by atoms with Gasteiger partial charge in [-0.2, -0.15) is 5.10 Å². The molecule has 4 nitrogen and oxygen atoms in total. The van der Waals surface area contributed by atoms with Crippen LogP contribution in [0, 0.1) is 0 Å². The summed E-state index contributed by atoms with van der Waals surface area (Å²) in [5.74, 6) is 0.795. The van der Waals surface area contributed by atoms with E-state index in [1.54, 1.807) is 0 Å². The number of fused-ring (bicyclic) bond motifs is 1. The van der Waals surface area contributed by atoms with Gasteiger partial charge in [0.1, 0.15) is 5.82 Å². The summed E-state index contributed by atoms with van der Waals surface area (Å²) in [6.07, 6.45) is 7.20. The zero-order valence-electron chi connectivity index (χ0n) is 12.0. The van der Waals surface area contributed by atoms with Gasteiger partial charge in [0.15, 0.2) is 0 Å². The molecule has 1 aromatic rings. The summed E-state index contributed by atoms with van der Waals surface area (Å²) in [4.78, 5) is 0. The standard InChI is InChI=1S/C15H25N3O/c1-15(2)9-8-10-13(15)14(16)18(17-10)11-6-4-3-5-7-12(11)19/h11-12,19H,3-9,16H2,1-2H3. The van der Waals surface area contributed by atoms with Crippen molar-refractivity contribution in [1.82, 2.24) is 9.78 Å². The van der Waals surface area contributed by atoms with Crippen LogP contribution in [0.3, 0.4) is 0 Å². The van der Waals surface area contributed by atoms with E-state index in [9.17, 15) is 5.11 Å². The first-order valence-corrected chi connectivity index (χ1v) is 7.56. The molecule has 2 unspecified atom stereocenters. The van der Waals surface area contributed by atoms with Crippen LogP contribution in [0.15, 0.2) is 0 Å². The highest BCUT2D eigenvalue weighted by Gasteiger charge is 2.37. The predicted molar refractivity (Wildman–Crippen MR) is 76.1 cm³/mol. The van der Waals surface area contributed by atoms with Gasteiger partial charge in [-0.15, -0.1) is 0 Å². The van der Waals surface area contributed by atoms with Gasteiger partial charge < -0.3 is 10.8 Å². The highest BCUT2D eigenvalue weighted by atomic mass is 16.3. The van der Waals surface area contributed by atoms with E-state index in [2.05, 4.69) is 13.8 Å². The summed E-state index contributed by atoms with van der Waals surface area (Å²) in [5.41, 5.74) is 8.87. The fraction of sp³-hybridized carbons (Fsp3) is 0.800. The Hall–Kier alpha value is -1.03. The van der Waals surface area contributed by atoms with Crippen molar-refractivity contribution in [1.29, 1.82) is 0 Å². The highest BCUT2D eigenvalue weighted by molar-refractivity contribution is 5.51. The van der Waals surface area contributed by atoms with Crippen LogP contribution in [0.4, 0.5) is 5.82 Å². The van der Waals surface area contributed by atoms with Gasteiger partial charge in [-0.3, -0.25) is 0 Å². The molecule has 3 rings (SSSR count). The zero-order valence-corrected chi connectivity index (χ0v) is 12.0. The van der Waals surface area contributed by atoms with E-state index in [4.69, 9.17) is 10.8 Å². The van der Waals surface area contributed by atoms with Crippen LogP contribution in [0.1, 0.15) is 69.7 Å². The largest absolute Gasteiger partial charge is 0.391 e. The van der Waals surface area contributed by atoms with Crippen LogP contribution in [-0.2, 0) is 11.8 Å². The predicted octanol–water partition coefficient (Wildman–Crippen LogP) is 2.56. The Labute approximate surface area is 115 Å². The lowest BCUT2D eigenvalue weighted by molar-refractivity contribution is 0.0998. The lowest BCUT2D eigenvalue weighted by atomic mass is 9.87. The van der Waals surface area contributed by atoms with Crippen LogP contribution >= 0.6 is 0 Å². The van der Waals surface area contributed by atoms with Gasteiger partial charge in [-0.1, -0.05) is 33.1 Å². The number of aliphatic hydroxyl groups is 1. The normalized spacial score (nSPS) is 30.1. The lowest BCUT2D eigenvalue weighted by Crippen LogP contribution is -2.26. The molecule has 2 atom stereocenters. The van der Waals surface area contributed by atoms with E-state index in [-0.39, 0.29) is 17.6 Å². The number of nitrogen functional groups attached to an aromatic ring is 1. The van der Waals surface area contributed by atoms with Crippen molar-refractivity contribution in [3.05, 3.63) is 11.3 Å². The van der Waals surface area contributed by atoms with E-state index < -0.39 is 0 Å². The summed E-state index contributed by atoms with van der Waals surface area (Å²) in [6, 6.07) is 0.0731. The second-order valence-electron chi connectivity index (χ2n) is 6.81. The van der Waals surface area contributed by atoms with E-state index in [0.717, 1.165) is 50.0 Å². The molecule has 0 saturated heterocycles. The highest BCUT2D eigenvalue weighted by Crippen LogP contribution is 2.43. The number of anilines is 1. The lowest BCUT2D eigenvalue weighted by Gasteiger charge is -2.24. The Morgan fingerprint density at radius 2 is 2.00 bits per heavy atom. The van der Waals surface area contributed by atoms with Gasteiger partial charge in [0, 0.05) is 5.56 Å². The Bertz CT molecular complexity index is 478. The summed E-state index contributed by atoms with van der Waals surface area (Å²) in [5, 5.41) is 15.1. The van der Waals surface area contributed by atoms with Crippen molar-refractivity contribution in [2.75, 3.05) is 5.73 Å². The van der Waals surface area contributed by atoms with Crippen LogP contribution in [-0.4, -0.2) is 21.0 Å². The van der Waals surface area contributed by atoms with Crippen LogP contribution in [0.2, 0.25) is 0 Å². The van der Waals surface area contributed by atoms with Crippen molar-refractivity contribution in [3.8, 4) is 0 Å². The third-order valence-corrected chi connectivity index (χ3v) is 4.94. The van der Waals surface area contributed by atoms with Gasteiger partial charge in [0.2, 0.25) is 0 Å². The maximum Gasteiger partial charge on any atom is 0.126 e.